The lowest BCUT2D eigenvalue weighted by atomic mass is 10.2. The van der Waals surface area contributed by atoms with Gasteiger partial charge in [-0.3, -0.25) is 0 Å². The maximum Gasteiger partial charge on any atom is 0.362 e. The molecular formula is C9H8N4O2. The van der Waals surface area contributed by atoms with Gasteiger partial charge < -0.3 is 10.6 Å². The van der Waals surface area contributed by atoms with E-state index in [9.17, 15) is 4.79 Å². The van der Waals surface area contributed by atoms with Crippen LogP contribution in [0.5, 0.6) is 0 Å². The molecule has 0 bridgehead atoms. The molecule has 6 heteroatoms. The molecule has 0 aliphatic heterocycles. The average molecular weight is 204 g/mol. The molecule has 76 valence electrons. The Balaban J connectivity index is 2.52. The van der Waals surface area contributed by atoms with E-state index in [2.05, 4.69) is 9.83 Å². The molecule has 0 atom stereocenters. The molecule has 1 aromatic rings. The number of rotatable bonds is 1. The van der Waals surface area contributed by atoms with Gasteiger partial charge in [0, 0.05) is 0 Å². The maximum atomic E-state index is 11.3. The van der Waals surface area contributed by atoms with Crippen LogP contribution in [0.4, 0.5) is 0 Å². The van der Waals surface area contributed by atoms with E-state index in [4.69, 9.17) is 11.0 Å². The molecule has 3 N–H and O–H groups in total. The third kappa shape index (κ3) is 3.36. The smallest absolute Gasteiger partial charge is 0.362 e. The van der Waals surface area contributed by atoms with Crippen molar-refractivity contribution in [3.8, 4) is 6.19 Å². The van der Waals surface area contributed by atoms with E-state index in [0.29, 0.717) is 5.56 Å². The van der Waals surface area contributed by atoms with E-state index in [1.54, 1.807) is 30.3 Å². The second-order valence-electron chi connectivity index (χ2n) is 2.45. The normalized spacial score (nSPS) is 10.2. The summed E-state index contributed by atoms with van der Waals surface area (Å²) in [6, 6.07) is 8.34. The molecule has 0 amide bonds. The van der Waals surface area contributed by atoms with Gasteiger partial charge in [-0.2, -0.15) is 10.7 Å². The minimum Gasteiger partial charge on any atom is -0.367 e. The Morgan fingerprint density at radius 3 is 2.73 bits per heavy atom. The van der Waals surface area contributed by atoms with Crippen molar-refractivity contribution in [1.82, 2.24) is 5.48 Å². The van der Waals surface area contributed by atoms with E-state index >= 15 is 0 Å². The molecule has 0 aromatic heterocycles. The molecule has 0 aliphatic rings. The molecule has 0 heterocycles. The molecule has 15 heavy (non-hydrogen) atoms. The van der Waals surface area contributed by atoms with Gasteiger partial charge in [0.1, 0.15) is 0 Å². The van der Waals surface area contributed by atoms with Crippen molar-refractivity contribution in [1.29, 1.82) is 5.26 Å². The quantitative estimate of drug-likeness (QED) is 0.293. The second kappa shape index (κ2) is 5.24. The predicted octanol–water partition coefficient (Wildman–Crippen LogP) is 0.144. The Kier molecular flexibility index (Phi) is 3.68. The second-order valence-corrected chi connectivity index (χ2v) is 2.45. The zero-order chi connectivity index (χ0) is 11.1. The zero-order valence-electron chi connectivity index (χ0n) is 7.68. The molecule has 1 rings (SSSR count). The van der Waals surface area contributed by atoms with Gasteiger partial charge in [0.15, 0.2) is 0 Å². The highest BCUT2D eigenvalue weighted by Crippen LogP contribution is 1.99. The van der Waals surface area contributed by atoms with Crippen molar-refractivity contribution in [2.24, 2.45) is 10.7 Å². The molecule has 0 radical (unpaired) electrons. The van der Waals surface area contributed by atoms with Crippen LogP contribution in [0.15, 0.2) is 35.3 Å². The number of guanidine groups is 1. The summed E-state index contributed by atoms with van der Waals surface area (Å²) in [5.74, 6) is -0.881. The van der Waals surface area contributed by atoms with Crippen LogP contribution in [0.3, 0.4) is 0 Å². The van der Waals surface area contributed by atoms with E-state index in [1.165, 1.54) is 6.19 Å². The lowest BCUT2D eigenvalue weighted by Gasteiger charge is -2.03. The molecule has 0 saturated carbocycles. The lowest BCUT2D eigenvalue weighted by molar-refractivity contribution is 0.0384. The van der Waals surface area contributed by atoms with Gasteiger partial charge in [-0.1, -0.05) is 18.2 Å². The summed E-state index contributed by atoms with van der Waals surface area (Å²) in [6.07, 6.45) is 1.44. The first-order valence-corrected chi connectivity index (χ1v) is 3.98. The molecule has 0 spiro atoms. The van der Waals surface area contributed by atoms with Gasteiger partial charge >= 0.3 is 5.97 Å². The summed E-state index contributed by atoms with van der Waals surface area (Å²) in [5.41, 5.74) is 7.56. The van der Waals surface area contributed by atoms with E-state index in [0.717, 1.165) is 0 Å². The molecule has 0 aliphatic carbocycles. The van der Waals surface area contributed by atoms with Gasteiger partial charge in [-0.15, -0.1) is 4.99 Å². The van der Waals surface area contributed by atoms with Crippen molar-refractivity contribution >= 4 is 11.9 Å². The fourth-order valence-corrected chi connectivity index (χ4v) is 0.808. The Hall–Kier alpha value is -2.55. The van der Waals surface area contributed by atoms with Crippen molar-refractivity contribution in [3.05, 3.63) is 35.9 Å². The zero-order valence-corrected chi connectivity index (χ0v) is 7.68. The predicted molar refractivity (Wildman–Crippen MR) is 52.2 cm³/mol. The fraction of sp³-hybridized carbons (Fsp3) is 0. The van der Waals surface area contributed by atoms with Crippen molar-refractivity contribution in [2.75, 3.05) is 0 Å². The highest BCUT2D eigenvalue weighted by Gasteiger charge is 2.06. The fourth-order valence-electron chi connectivity index (χ4n) is 0.808. The first-order valence-electron chi connectivity index (χ1n) is 3.98. The molecular weight excluding hydrogens is 196 g/mol. The average Bonchev–Trinajstić information content (AvgIpc) is 2.27. The lowest BCUT2D eigenvalue weighted by Crippen LogP contribution is -2.33. The minimum atomic E-state index is -0.605. The SMILES string of the molecule is N#CN=C(N)NOC(=O)c1ccccc1. The van der Waals surface area contributed by atoms with E-state index in [1.807, 2.05) is 5.48 Å². The van der Waals surface area contributed by atoms with Crippen molar-refractivity contribution < 1.29 is 9.63 Å². The number of nitrogens with one attached hydrogen (secondary N) is 1. The molecule has 0 fully saturated rings. The van der Waals surface area contributed by atoms with Crippen molar-refractivity contribution in [3.63, 3.8) is 0 Å². The van der Waals surface area contributed by atoms with Crippen LogP contribution in [0.25, 0.3) is 0 Å². The third-order valence-corrected chi connectivity index (χ3v) is 1.43. The number of nitrogens with two attached hydrogens (primary N) is 1. The molecule has 0 saturated heterocycles. The first kappa shape index (κ1) is 10.5. The topological polar surface area (TPSA) is 100 Å². The number of benzene rings is 1. The summed E-state index contributed by atoms with van der Waals surface area (Å²) in [4.78, 5) is 18.9. The van der Waals surface area contributed by atoms with Gasteiger partial charge in [0.2, 0.25) is 12.2 Å². The van der Waals surface area contributed by atoms with Crippen LogP contribution in [0.2, 0.25) is 0 Å². The third-order valence-electron chi connectivity index (χ3n) is 1.43. The van der Waals surface area contributed by atoms with Crippen LogP contribution >= 0.6 is 0 Å². The highest BCUT2D eigenvalue weighted by molar-refractivity contribution is 5.90. The van der Waals surface area contributed by atoms with Crippen LogP contribution in [0.1, 0.15) is 10.4 Å². The van der Waals surface area contributed by atoms with Crippen LogP contribution in [-0.2, 0) is 4.84 Å². The van der Waals surface area contributed by atoms with Gasteiger partial charge in [0.05, 0.1) is 5.56 Å². The molecule has 0 unspecified atom stereocenters. The number of carbonyl (C=O) groups excluding carboxylic acids is 1. The summed E-state index contributed by atoms with van der Waals surface area (Å²) >= 11 is 0. The van der Waals surface area contributed by atoms with Gasteiger partial charge in [-0.05, 0) is 12.1 Å². The van der Waals surface area contributed by atoms with Crippen LogP contribution in [0, 0.1) is 11.5 Å². The monoisotopic (exact) mass is 204 g/mol. The Labute approximate surface area is 85.9 Å². The standard InChI is InChI=1S/C9H8N4O2/c10-6-12-9(11)13-15-8(14)7-4-2-1-3-5-7/h1-5H,(H3,11,12,13). The molecule has 1 aromatic carbocycles. The van der Waals surface area contributed by atoms with Crippen molar-refractivity contribution in [2.45, 2.75) is 0 Å². The maximum absolute atomic E-state index is 11.3. The first-order chi connectivity index (χ1) is 7.24. The number of aliphatic imine (C=N–C) groups is 1. The largest absolute Gasteiger partial charge is 0.367 e. The van der Waals surface area contributed by atoms with Gasteiger partial charge in [0.25, 0.3) is 0 Å². The number of carbonyl (C=O) groups is 1. The van der Waals surface area contributed by atoms with Crippen LogP contribution in [-0.4, -0.2) is 11.9 Å². The molecule has 6 nitrogen and oxygen atoms in total. The number of hydrogen-bond acceptors (Lipinski definition) is 4. The van der Waals surface area contributed by atoms with Crippen LogP contribution < -0.4 is 11.2 Å². The number of hydrogen-bond donors (Lipinski definition) is 2. The summed E-state index contributed by atoms with van der Waals surface area (Å²) < 4.78 is 0. The Morgan fingerprint density at radius 2 is 2.13 bits per heavy atom. The summed E-state index contributed by atoms with van der Waals surface area (Å²) in [5, 5.41) is 8.12. The number of nitrogens with zero attached hydrogens (tertiary/aromatic N) is 2. The minimum absolute atomic E-state index is 0.276. The Morgan fingerprint density at radius 1 is 1.47 bits per heavy atom. The number of nitriles is 1. The van der Waals surface area contributed by atoms with E-state index < -0.39 is 5.97 Å². The van der Waals surface area contributed by atoms with Gasteiger partial charge in [-0.25, -0.2) is 4.79 Å². The van der Waals surface area contributed by atoms with E-state index in [-0.39, 0.29) is 5.96 Å². The number of hydroxylamine groups is 1. The summed E-state index contributed by atoms with van der Waals surface area (Å²) in [6.45, 7) is 0. The Bertz CT molecular complexity index is 408. The highest BCUT2D eigenvalue weighted by atomic mass is 16.7. The summed E-state index contributed by atoms with van der Waals surface area (Å²) in [7, 11) is 0.